The number of amides is 1. The molecule has 0 saturated carbocycles. The van der Waals surface area contributed by atoms with Crippen molar-refractivity contribution in [1.82, 2.24) is 0 Å². The van der Waals surface area contributed by atoms with Gasteiger partial charge in [0.05, 0.1) is 12.8 Å². The first-order valence-corrected chi connectivity index (χ1v) is 10.4. The molecule has 0 saturated heterocycles. The third-order valence-corrected chi connectivity index (χ3v) is 6.20. The Kier molecular flexibility index (Phi) is 5.41. The number of rotatable bonds is 6. The van der Waals surface area contributed by atoms with Crippen molar-refractivity contribution in [2.75, 3.05) is 19.0 Å². The van der Waals surface area contributed by atoms with E-state index < -0.39 is 0 Å². The minimum Gasteiger partial charge on any atom is -0.493 e. The number of hydrogen-bond acceptors (Lipinski definition) is 4. The topological polar surface area (TPSA) is 47.6 Å². The van der Waals surface area contributed by atoms with Crippen LogP contribution in [0.25, 0.3) is 11.1 Å². The Balaban J connectivity index is 1.82. The van der Waals surface area contributed by atoms with Crippen molar-refractivity contribution in [3.63, 3.8) is 0 Å². The van der Waals surface area contributed by atoms with Gasteiger partial charge in [0, 0.05) is 33.7 Å². The third kappa shape index (κ3) is 3.66. The predicted octanol–water partition coefficient (Wildman–Crippen LogP) is 5.77. The Morgan fingerprint density at radius 3 is 2.76 bits per heavy atom. The highest BCUT2D eigenvalue weighted by molar-refractivity contribution is 7.11. The van der Waals surface area contributed by atoms with Crippen LogP contribution in [0.5, 0.6) is 11.5 Å². The summed E-state index contributed by atoms with van der Waals surface area (Å²) in [4.78, 5) is 13.8. The fraction of sp³-hybridized carbons (Fsp3) is 0.208. The van der Waals surface area contributed by atoms with Crippen molar-refractivity contribution >= 4 is 22.9 Å². The van der Waals surface area contributed by atoms with E-state index in [0.29, 0.717) is 24.5 Å². The second-order valence-corrected chi connectivity index (χ2v) is 7.95. The standard InChI is InChI=1S/C24H23NO3S/c1-4-12-28-23-17(6-5-7-20(23)27-3)18-13-21(26)25-22-19(14-29-24(18)22)16-10-8-15(2)9-11-16/h4-11,14,18H,1,12-13H2,2-3H3,(H,25,26). The van der Waals surface area contributed by atoms with Crippen LogP contribution < -0.4 is 14.8 Å². The van der Waals surface area contributed by atoms with Crippen molar-refractivity contribution < 1.29 is 14.3 Å². The number of carbonyl (C=O) groups is 1. The fourth-order valence-electron chi connectivity index (χ4n) is 3.69. The number of nitrogens with one attached hydrogen (secondary N) is 1. The number of para-hydroxylation sites is 1. The zero-order valence-electron chi connectivity index (χ0n) is 16.5. The SMILES string of the molecule is C=CCOc1c(OC)cccc1C1CC(=O)Nc2c(-c3ccc(C)cc3)csc21. The van der Waals surface area contributed by atoms with Crippen LogP contribution in [0.1, 0.15) is 28.3 Å². The van der Waals surface area contributed by atoms with Gasteiger partial charge in [-0.25, -0.2) is 0 Å². The highest BCUT2D eigenvalue weighted by atomic mass is 32.1. The minimum atomic E-state index is -0.0853. The van der Waals surface area contributed by atoms with Crippen molar-refractivity contribution in [3.05, 3.63) is 76.5 Å². The summed E-state index contributed by atoms with van der Waals surface area (Å²) >= 11 is 1.67. The summed E-state index contributed by atoms with van der Waals surface area (Å²) in [5, 5.41) is 5.22. The number of methoxy groups -OCH3 is 1. The molecule has 1 amide bonds. The van der Waals surface area contributed by atoms with Gasteiger partial charge in [0.15, 0.2) is 11.5 Å². The fourth-order valence-corrected chi connectivity index (χ4v) is 4.84. The van der Waals surface area contributed by atoms with Crippen LogP contribution in [0, 0.1) is 6.92 Å². The number of aryl methyl sites for hydroxylation is 1. The highest BCUT2D eigenvalue weighted by Gasteiger charge is 2.33. The molecular formula is C24H23NO3S. The molecule has 3 aromatic rings. The lowest BCUT2D eigenvalue weighted by atomic mass is 9.88. The summed E-state index contributed by atoms with van der Waals surface area (Å²) in [6, 6.07) is 14.2. The molecule has 1 N–H and O–H groups in total. The van der Waals surface area contributed by atoms with Gasteiger partial charge in [-0.3, -0.25) is 4.79 Å². The van der Waals surface area contributed by atoms with E-state index in [-0.39, 0.29) is 11.8 Å². The number of ether oxygens (including phenoxy) is 2. The molecule has 1 unspecified atom stereocenters. The molecular weight excluding hydrogens is 382 g/mol. The molecule has 1 aromatic heterocycles. The minimum absolute atomic E-state index is 0.00625. The van der Waals surface area contributed by atoms with Crippen LogP contribution in [-0.2, 0) is 4.79 Å². The van der Waals surface area contributed by atoms with E-state index in [9.17, 15) is 4.79 Å². The molecule has 4 nitrogen and oxygen atoms in total. The predicted molar refractivity (Wildman–Crippen MR) is 118 cm³/mol. The van der Waals surface area contributed by atoms with Gasteiger partial charge in [-0.1, -0.05) is 54.6 Å². The van der Waals surface area contributed by atoms with Gasteiger partial charge >= 0.3 is 0 Å². The highest BCUT2D eigenvalue weighted by Crippen LogP contribution is 2.49. The zero-order valence-corrected chi connectivity index (χ0v) is 17.3. The molecule has 29 heavy (non-hydrogen) atoms. The van der Waals surface area contributed by atoms with Crippen molar-refractivity contribution in [1.29, 1.82) is 0 Å². The third-order valence-electron chi connectivity index (χ3n) is 5.10. The maximum Gasteiger partial charge on any atom is 0.225 e. The van der Waals surface area contributed by atoms with Gasteiger partial charge in [-0.2, -0.15) is 0 Å². The maximum atomic E-state index is 12.6. The molecule has 148 valence electrons. The van der Waals surface area contributed by atoms with E-state index in [0.717, 1.165) is 27.3 Å². The maximum absolute atomic E-state index is 12.6. The number of anilines is 1. The summed E-state index contributed by atoms with van der Waals surface area (Å²) in [7, 11) is 1.62. The number of thiophene rings is 1. The summed E-state index contributed by atoms with van der Waals surface area (Å²) in [6.45, 7) is 6.18. The Hall–Kier alpha value is -3.05. The molecule has 0 bridgehead atoms. The molecule has 2 heterocycles. The second-order valence-electron chi connectivity index (χ2n) is 7.04. The molecule has 0 aliphatic carbocycles. The summed E-state index contributed by atoms with van der Waals surface area (Å²) in [6.07, 6.45) is 2.08. The molecule has 2 aromatic carbocycles. The monoisotopic (exact) mass is 405 g/mol. The average Bonchev–Trinajstić information content (AvgIpc) is 3.15. The normalized spacial score (nSPS) is 15.4. The average molecular weight is 406 g/mol. The number of benzene rings is 2. The van der Waals surface area contributed by atoms with Crippen molar-refractivity contribution in [2.24, 2.45) is 0 Å². The Morgan fingerprint density at radius 1 is 1.24 bits per heavy atom. The largest absolute Gasteiger partial charge is 0.493 e. The van der Waals surface area contributed by atoms with E-state index in [1.807, 2.05) is 18.2 Å². The molecule has 1 aliphatic heterocycles. The van der Waals surface area contributed by atoms with E-state index in [2.05, 4.69) is 48.5 Å². The van der Waals surface area contributed by atoms with E-state index in [1.165, 1.54) is 5.56 Å². The van der Waals surface area contributed by atoms with Gasteiger partial charge in [-0.15, -0.1) is 11.3 Å². The Labute approximate surface area is 174 Å². The smallest absolute Gasteiger partial charge is 0.225 e. The Morgan fingerprint density at radius 2 is 2.03 bits per heavy atom. The Bertz CT molecular complexity index is 1050. The summed E-state index contributed by atoms with van der Waals surface area (Å²) < 4.78 is 11.5. The first-order valence-electron chi connectivity index (χ1n) is 9.51. The van der Waals surface area contributed by atoms with Crippen molar-refractivity contribution in [2.45, 2.75) is 19.3 Å². The molecule has 1 atom stereocenters. The molecule has 4 rings (SSSR count). The van der Waals surface area contributed by atoms with Crippen LogP contribution in [0.3, 0.4) is 0 Å². The number of fused-ring (bicyclic) bond motifs is 1. The summed E-state index contributed by atoms with van der Waals surface area (Å²) in [5.74, 6) is 1.25. The van der Waals surface area contributed by atoms with Gasteiger partial charge in [0.2, 0.25) is 5.91 Å². The van der Waals surface area contributed by atoms with Gasteiger partial charge in [-0.05, 0) is 18.6 Å². The van der Waals surface area contributed by atoms with Crippen LogP contribution >= 0.6 is 11.3 Å². The van der Waals surface area contributed by atoms with Crippen LogP contribution in [0.2, 0.25) is 0 Å². The van der Waals surface area contributed by atoms with Crippen LogP contribution in [-0.4, -0.2) is 19.6 Å². The lowest BCUT2D eigenvalue weighted by Crippen LogP contribution is -2.23. The molecule has 0 fully saturated rings. The lowest BCUT2D eigenvalue weighted by Gasteiger charge is -2.26. The first kappa shape index (κ1) is 19.3. The van der Waals surface area contributed by atoms with E-state index >= 15 is 0 Å². The quantitative estimate of drug-likeness (QED) is 0.530. The van der Waals surface area contributed by atoms with E-state index in [4.69, 9.17) is 9.47 Å². The molecule has 1 aliphatic rings. The van der Waals surface area contributed by atoms with Crippen LogP contribution in [0.15, 0.2) is 60.5 Å². The lowest BCUT2D eigenvalue weighted by molar-refractivity contribution is -0.116. The number of carbonyl (C=O) groups excluding carboxylic acids is 1. The number of hydrogen-bond donors (Lipinski definition) is 1. The molecule has 5 heteroatoms. The van der Waals surface area contributed by atoms with Crippen LogP contribution in [0.4, 0.5) is 5.69 Å². The zero-order chi connectivity index (χ0) is 20.4. The van der Waals surface area contributed by atoms with E-state index in [1.54, 1.807) is 24.5 Å². The first-order chi connectivity index (χ1) is 14.1. The van der Waals surface area contributed by atoms with Gasteiger partial charge in [0.25, 0.3) is 0 Å². The second kappa shape index (κ2) is 8.13. The van der Waals surface area contributed by atoms with Crippen molar-refractivity contribution in [3.8, 4) is 22.6 Å². The molecule has 0 spiro atoms. The van der Waals surface area contributed by atoms with Gasteiger partial charge < -0.3 is 14.8 Å². The van der Waals surface area contributed by atoms with Gasteiger partial charge in [0.1, 0.15) is 6.61 Å². The summed E-state index contributed by atoms with van der Waals surface area (Å²) in [5.41, 5.74) is 5.22. The molecule has 0 radical (unpaired) electrons.